The van der Waals surface area contributed by atoms with E-state index in [9.17, 15) is 9.36 Å². The zero-order chi connectivity index (χ0) is 10.5. The van der Waals surface area contributed by atoms with E-state index < -0.39 is 12.2 Å². The molecule has 0 bridgehead atoms. The third kappa shape index (κ3) is 7.47. The lowest BCUT2D eigenvalue weighted by molar-refractivity contribution is -0.129. The highest BCUT2D eigenvalue weighted by molar-refractivity contribution is 8.05. The Bertz CT molecular complexity index is 215. The molecule has 1 atom stereocenters. The van der Waals surface area contributed by atoms with Gasteiger partial charge in [-0.15, -0.1) is 0 Å². The van der Waals surface area contributed by atoms with Gasteiger partial charge in [-0.1, -0.05) is 0 Å². The summed E-state index contributed by atoms with van der Waals surface area (Å²) in [5.74, 6) is -0.344. The monoisotopic (exact) mass is 248 g/mol. The Kier molecular flexibility index (Phi) is 6.18. The van der Waals surface area contributed by atoms with Gasteiger partial charge in [0.25, 0.3) is 0 Å². The van der Waals surface area contributed by atoms with Gasteiger partial charge in [-0.05, 0) is 36.3 Å². The minimum Gasteiger partial charge on any atom is -0.374 e. The molecule has 4 nitrogen and oxygen atoms in total. The Morgan fingerprint density at radius 1 is 1.54 bits per heavy atom. The molecule has 0 aliphatic rings. The first kappa shape index (κ1) is 13.4. The van der Waals surface area contributed by atoms with Gasteiger partial charge in [-0.25, -0.2) is 0 Å². The number of ether oxygens (including phenoxy) is 1. The van der Waals surface area contributed by atoms with Crippen LogP contribution in [0.15, 0.2) is 0 Å². The molecule has 13 heavy (non-hydrogen) atoms. The molecule has 0 fully saturated rings. The molecule has 0 spiro atoms. The molecule has 0 amide bonds. The van der Waals surface area contributed by atoms with Crippen LogP contribution in [0.5, 0.6) is 0 Å². The Morgan fingerprint density at radius 2 is 2.08 bits per heavy atom. The summed E-state index contributed by atoms with van der Waals surface area (Å²) in [6.07, 6.45) is -4.55. The fourth-order valence-electron chi connectivity index (χ4n) is 0.563. The maximum Gasteiger partial charge on any atom is 0.380 e. The van der Waals surface area contributed by atoms with E-state index >= 15 is 0 Å². The van der Waals surface area contributed by atoms with Gasteiger partial charge in [0.2, 0.25) is 0 Å². The summed E-state index contributed by atoms with van der Waals surface area (Å²) in [4.78, 5) is 11.1. The van der Waals surface area contributed by atoms with E-state index in [2.05, 4.69) is 4.52 Å². The molecule has 0 aliphatic carbocycles. The van der Waals surface area contributed by atoms with Crippen molar-refractivity contribution in [3.8, 4) is 0 Å². The van der Waals surface area contributed by atoms with Crippen molar-refractivity contribution in [2.45, 2.75) is 20.0 Å². The second-order valence-corrected chi connectivity index (χ2v) is 6.49. The van der Waals surface area contributed by atoms with E-state index in [0.717, 1.165) is 0 Å². The average Bonchev–Trinajstić information content (AvgIpc) is 1.96. The lowest BCUT2D eigenvalue weighted by Crippen LogP contribution is -2.23. The minimum atomic E-state index is -3.64. The van der Waals surface area contributed by atoms with E-state index in [4.69, 9.17) is 27.2 Å². The summed E-state index contributed by atoms with van der Waals surface area (Å²) in [7, 11) is 0. The van der Waals surface area contributed by atoms with Gasteiger partial charge >= 0.3 is 6.07 Å². The van der Waals surface area contributed by atoms with Crippen molar-refractivity contribution in [1.29, 1.82) is 0 Å². The summed E-state index contributed by atoms with van der Waals surface area (Å²) in [6, 6.07) is 0. The van der Waals surface area contributed by atoms with Crippen molar-refractivity contribution in [3.05, 3.63) is 0 Å². The van der Waals surface area contributed by atoms with Crippen LogP contribution in [0.4, 0.5) is 0 Å². The van der Waals surface area contributed by atoms with E-state index in [1.807, 2.05) is 0 Å². The molecule has 0 heterocycles. The standard InChI is InChI=1S/C6H11Cl2O4P/c1-3-11-4-6(9)5(2)12-13(7,8)10/h5H,3-4H2,1-2H3/t5-/m1/s1. The molecule has 0 unspecified atom stereocenters. The van der Waals surface area contributed by atoms with Crippen LogP contribution in [0.25, 0.3) is 0 Å². The lowest BCUT2D eigenvalue weighted by Gasteiger charge is -2.11. The number of Topliss-reactive ketones (excluding diaryl/α,β-unsaturated/α-hetero) is 1. The molecule has 0 aliphatic heterocycles. The summed E-state index contributed by atoms with van der Waals surface area (Å²) >= 11 is 10.2. The van der Waals surface area contributed by atoms with Crippen LogP contribution < -0.4 is 0 Å². The topological polar surface area (TPSA) is 52.6 Å². The third-order valence-corrected chi connectivity index (χ3v) is 2.22. The summed E-state index contributed by atoms with van der Waals surface area (Å²) in [5, 5.41) is 0. The SMILES string of the molecule is CCOCC(=O)[C@@H](C)OP(=O)(Cl)Cl. The minimum absolute atomic E-state index is 0.0918. The van der Waals surface area contributed by atoms with E-state index in [0.29, 0.717) is 6.61 Å². The molecule has 78 valence electrons. The fraction of sp³-hybridized carbons (Fsp3) is 0.833. The van der Waals surface area contributed by atoms with E-state index in [1.54, 1.807) is 6.92 Å². The summed E-state index contributed by atoms with van der Waals surface area (Å²) in [6.45, 7) is 3.51. The molecule has 0 aromatic heterocycles. The van der Waals surface area contributed by atoms with E-state index in [1.165, 1.54) is 6.92 Å². The van der Waals surface area contributed by atoms with Crippen LogP contribution in [-0.2, 0) is 18.6 Å². The normalized spacial score (nSPS) is 14.2. The van der Waals surface area contributed by atoms with Gasteiger partial charge in [0, 0.05) is 6.61 Å². The zero-order valence-corrected chi connectivity index (χ0v) is 9.73. The highest BCUT2D eigenvalue weighted by Gasteiger charge is 2.23. The molecule has 0 saturated carbocycles. The third-order valence-electron chi connectivity index (χ3n) is 1.18. The number of hydrogen-bond acceptors (Lipinski definition) is 4. The first-order valence-electron chi connectivity index (χ1n) is 3.65. The first-order chi connectivity index (χ1) is 5.87. The largest absolute Gasteiger partial charge is 0.380 e. The highest BCUT2D eigenvalue weighted by atomic mass is 35.9. The molecule has 0 aromatic rings. The molecular weight excluding hydrogens is 238 g/mol. The van der Waals surface area contributed by atoms with Gasteiger partial charge in [0.1, 0.15) is 12.7 Å². The van der Waals surface area contributed by atoms with Crippen molar-refractivity contribution in [2.75, 3.05) is 13.2 Å². The summed E-state index contributed by atoms with van der Waals surface area (Å²) in [5.41, 5.74) is 0. The average molecular weight is 249 g/mol. The van der Waals surface area contributed by atoms with Crippen LogP contribution in [0.3, 0.4) is 0 Å². The Labute approximate surface area is 86.5 Å². The predicted octanol–water partition coefficient (Wildman–Crippen LogP) is 2.58. The Hall–Kier alpha value is 0.400. The van der Waals surface area contributed by atoms with E-state index in [-0.39, 0.29) is 12.4 Å². The fourth-order valence-corrected chi connectivity index (χ4v) is 1.77. The number of carbonyl (C=O) groups excluding carboxylic acids is 1. The van der Waals surface area contributed by atoms with Gasteiger partial charge in [-0.3, -0.25) is 13.9 Å². The van der Waals surface area contributed by atoms with Crippen LogP contribution in [-0.4, -0.2) is 25.1 Å². The number of carbonyl (C=O) groups is 1. The molecule has 0 N–H and O–H groups in total. The van der Waals surface area contributed by atoms with Gasteiger partial charge < -0.3 is 4.74 Å². The van der Waals surface area contributed by atoms with Crippen LogP contribution >= 0.6 is 28.6 Å². The van der Waals surface area contributed by atoms with Crippen molar-refractivity contribution in [1.82, 2.24) is 0 Å². The maximum atomic E-state index is 11.1. The van der Waals surface area contributed by atoms with Gasteiger partial charge in [0.05, 0.1) is 0 Å². The molecule has 7 heteroatoms. The van der Waals surface area contributed by atoms with Gasteiger partial charge in [0.15, 0.2) is 5.78 Å². The Morgan fingerprint density at radius 3 is 2.46 bits per heavy atom. The van der Waals surface area contributed by atoms with Crippen molar-refractivity contribution in [3.63, 3.8) is 0 Å². The second kappa shape index (κ2) is 5.99. The predicted molar refractivity (Wildman–Crippen MR) is 51.4 cm³/mol. The molecular formula is C6H11Cl2O4P. The molecule has 0 rings (SSSR count). The maximum absolute atomic E-state index is 11.1. The smallest absolute Gasteiger partial charge is 0.374 e. The zero-order valence-electron chi connectivity index (χ0n) is 7.33. The number of halogens is 2. The van der Waals surface area contributed by atoms with Crippen LogP contribution in [0, 0.1) is 0 Å². The van der Waals surface area contributed by atoms with Crippen molar-refractivity contribution >= 4 is 34.3 Å². The number of hydrogen-bond donors (Lipinski definition) is 0. The number of ketones is 1. The molecule has 0 aromatic carbocycles. The van der Waals surface area contributed by atoms with Crippen molar-refractivity contribution < 1.29 is 18.6 Å². The quantitative estimate of drug-likeness (QED) is 0.679. The van der Waals surface area contributed by atoms with Crippen molar-refractivity contribution in [2.24, 2.45) is 0 Å². The lowest BCUT2D eigenvalue weighted by atomic mass is 10.3. The Balaban J connectivity index is 3.90. The second-order valence-electron chi connectivity index (χ2n) is 2.27. The van der Waals surface area contributed by atoms with Crippen LogP contribution in [0.2, 0.25) is 0 Å². The van der Waals surface area contributed by atoms with Gasteiger partial charge in [-0.2, -0.15) is 0 Å². The summed E-state index contributed by atoms with van der Waals surface area (Å²) < 4.78 is 20.1. The first-order valence-corrected chi connectivity index (χ1v) is 7.08. The highest BCUT2D eigenvalue weighted by Crippen LogP contribution is 2.58. The molecule has 0 radical (unpaired) electrons. The van der Waals surface area contributed by atoms with Crippen LogP contribution in [0.1, 0.15) is 13.8 Å². The number of rotatable bonds is 6. The molecule has 0 saturated heterocycles.